The Morgan fingerprint density at radius 1 is 1.12 bits per heavy atom. The van der Waals surface area contributed by atoms with Crippen LogP contribution in [0, 0.1) is 5.92 Å². The van der Waals surface area contributed by atoms with Gasteiger partial charge >= 0.3 is 0 Å². The summed E-state index contributed by atoms with van der Waals surface area (Å²) in [6.07, 6.45) is 8.82. The molecular weight excluding hydrogens is 314 g/mol. The van der Waals surface area contributed by atoms with Gasteiger partial charge < -0.3 is 20.5 Å². The lowest BCUT2D eigenvalue weighted by Gasteiger charge is -2.30. The summed E-state index contributed by atoms with van der Waals surface area (Å²) in [6.45, 7) is 2.97. The van der Waals surface area contributed by atoms with E-state index in [9.17, 15) is 0 Å². The zero-order valence-corrected chi connectivity index (χ0v) is 14.9. The van der Waals surface area contributed by atoms with Crippen molar-refractivity contribution in [1.29, 1.82) is 0 Å². The molecule has 2 aliphatic carbocycles. The van der Waals surface area contributed by atoms with Gasteiger partial charge in [0.15, 0.2) is 17.5 Å². The number of benzene rings is 1. The fourth-order valence-corrected chi connectivity index (χ4v) is 4.20. The minimum absolute atomic E-state index is 0.0820. The third-order valence-corrected chi connectivity index (χ3v) is 6.06. The average Bonchev–Trinajstić information content (AvgIpc) is 3.08. The average molecular weight is 343 g/mol. The molecule has 0 radical (unpaired) electrons. The summed E-state index contributed by atoms with van der Waals surface area (Å²) in [5.74, 6) is 3.10. The summed E-state index contributed by atoms with van der Waals surface area (Å²) in [5, 5.41) is 3.31. The maximum Gasteiger partial charge on any atom is 0.188 e. The summed E-state index contributed by atoms with van der Waals surface area (Å²) < 4.78 is 11.4. The van der Waals surface area contributed by atoms with Crippen molar-refractivity contribution in [1.82, 2.24) is 5.32 Å². The van der Waals surface area contributed by atoms with Crippen LogP contribution in [0.4, 0.5) is 0 Å². The van der Waals surface area contributed by atoms with E-state index in [1.165, 1.54) is 37.7 Å². The SMILES string of the molecule is NC(=NCC1(c2ccc3c(c2)OCCO3)CCCC1)NCC1CCC1. The molecule has 1 aromatic rings. The first-order chi connectivity index (χ1) is 12.3. The van der Waals surface area contributed by atoms with Crippen molar-refractivity contribution < 1.29 is 9.47 Å². The molecule has 0 aromatic heterocycles. The first-order valence-electron chi connectivity index (χ1n) is 9.69. The van der Waals surface area contributed by atoms with E-state index < -0.39 is 0 Å². The molecular formula is C20H29N3O2. The maximum atomic E-state index is 6.12. The molecule has 4 rings (SSSR count). The Morgan fingerprint density at radius 3 is 2.60 bits per heavy atom. The van der Waals surface area contributed by atoms with Crippen molar-refractivity contribution in [3.05, 3.63) is 23.8 Å². The van der Waals surface area contributed by atoms with Crippen LogP contribution in [0.25, 0.3) is 0 Å². The molecule has 5 nitrogen and oxygen atoms in total. The fourth-order valence-electron chi connectivity index (χ4n) is 4.20. The Hall–Kier alpha value is -1.91. The number of hydrogen-bond donors (Lipinski definition) is 2. The van der Waals surface area contributed by atoms with Gasteiger partial charge in [-0.2, -0.15) is 0 Å². The van der Waals surface area contributed by atoms with Crippen LogP contribution in [0.15, 0.2) is 23.2 Å². The normalized spacial score (nSPS) is 22.5. The smallest absolute Gasteiger partial charge is 0.188 e. The predicted molar refractivity (Wildman–Crippen MR) is 99.4 cm³/mol. The number of nitrogens with two attached hydrogens (primary N) is 1. The molecule has 0 unspecified atom stereocenters. The Morgan fingerprint density at radius 2 is 1.88 bits per heavy atom. The van der Waals surface area contributed by atoms with Gasteiger partial charge in [0.2, 0.25) is 0 Å². The van der Waals surface area contributed by atoms with Crippen LogP contribution in [0.5, 0.6) is 11.5 Å². The van der Waals surface area contributed by atoms with Crippen LogP contribution in [0.1, 0.15) is 50.5 Å². The summed E-state index contributed by atoms with van der Waals surface area (Å²) in [6, 6.07) is 6.39. The fraction of sp³-hybridized carbons (Fsp3) is 0.650. The van der Waals surface area contributed by atoms with Gasteiger partial charge in [0.1, 0.15) is 13.2 Å². The van der Waals surface area contributed by atoms with Crippen LogP contribution < -0.4 is 20.5 Å². The number of fused-ring (bicyclic) bond motifs is 1. The number of ether oxygens (including phenoxy) is 2. The number of rotatable bonds is 5. The van der Waals surface area contributed by atoms with Gasteiger partial charge in [0.25, 0.3) is 0 Å². The topological polar surface area (TPSA) is 68.9 Å². The van der Waals surface area contributed by atoms with Gasteiger partial charge in [-0.1, -0.05) is 25.3 Å². The quantitative estimate of drug-likeness (QED) is 0.637. The lowest BCUT2D eigenvalue weighted by molar-refractivity contribution is 0.171. The summed E-state index contributed by atoms with van der Waals surface area (Å²) in [7, 11) is 0. The summed E-state index contributed by atoms with van der Waals surface area (Å²) >= 11 is 0. The lowest BCUT2D eigenvalue weighted by atomic mass is 9.79. The van der Waals surface area contributed by atoms with E-state index in [0.717, 1.165) is 43.3 Å². The van der Waals surface area contributed by atoms with Gasteiger partial charge in [-0.05, 0) is 49.3 Å². The summed E-state index contributed by atoms with van der Waals surface area (Å²) in [4.78, 5) is 4.71. The Bertz CT molecular complexity index is 634. The standard InChI is InChI=1S/C20H29N3O2/c21-19(22-13-15-4-3-5-15)23-14-20(8-1-2-9-20)16-6-7-17-18(12-16)25-11-10-24-17/h6-7,12,15H,1-5,8-11,13-14H2,(H3,21,22,23). The first kappa shape index (κ1) is 16.6. The van der Waals surface area contributed by atoms with Crippen LogP contribution in [-0.4, -0.2) is 32.3 Å². The van der Waals surface area contributed by atoms with Crippen LogP contribution >= 0.6 is 0 Å². The van der Waals surface area contributed by atoms with Crippen LogP contribution in [0.3, 0.4) is 0 Å². The van der Waals surface area contributed by atoms with E-state index >= 15 is 0 Å². The molecule has 2 saturated carbocycles. The zero-order chi connectivity index (χ0) is 17.1. The Kier molecular flexibility index (Phi) is 4.73. The van der Waals surface area contributed by atoms with Crippen molar-refractivity contribution in [3.63, 3.8) is 0 Å². The summed E-state index contributed by atoms with van der Waals surface area (Å²) in [5.41, 5.74) is 7.51. The first-order valence-corrected chi connectivity index (χ1v) is 9.69. The molecule has 25 heavy (non-hydrogen) atoms. The number of nitrogens with one attached hydrogen (secondary N) is 1. The molecule has 3 N–H and O–H groups in total. The van der Waals surface area contributed by atoms with Crippen molar-refractivity contribution in [2.75, 3.05) is 26.3 Å². The lowest BCUT2D eigenvalue weighted by Crippen LogP contribution is -2.38. The van der Waals surface area contributed by atoms with E-state index in [0.29, 0.717) is 19.2 Å². The third kappa shape index (κ3) is 3.55. The molecule has 0 atom stereocenters. The van der Waals surface area contributed by atoms with Crippen LogP contribution in [-0.2, 0) is 5.41 Å². The second-order valence-corrected chi connectivity index (χ2v) is 7.73. The van der Waals surface area contributed by atoms with Gasteiger partial charge in [0.05, 0.1) is 6.54 Å². The minimum Gasteiger partial charge on any atom is -0.486 e. The molecule has 0 amide bonds. The van der Waals surface area contributed by atoms with Gasteiger partial charge in [0, 0.05) is 12.0 Å². The zero-order valence-electron chi connectivity index (χ0n) is 14.9. The molecule has 0 saturated heterocycles. The monoisotopic (exact) mass is 343 g/mol. The van der Waals surface area contributed by atoms with Crippen molar-refractivity contribution in [2.24, 2.45) is 16.6 Å². The van der Waals surface area contributed by atoms with Crippen molar-refractivity contribution in [3.8, 4) is 11.5 Å². The molecule has 0 bridgehead atoms. The highest BCUT2D eigenvalue weighted by Gasteiger charge is 2.36. The molecule has 2 fully saturated rings. The highest BCUT2D eigenvalue weighted by atomic mass is 16.6. The van der Waals surface area contributed by atoms with Gasteiger partial charge in [-0.3, -0.25) is 4.99 Å². The Balaban J connectivity index is 1.47. The highest BCUT2D eigenvalue weighted by molar-refractivity contribution is 5.77. The van der Waals surface area contributed by atoms with E-state index in [1.54, 1.807) is 0 Å². The second kappa shape index (κ2) is 7.14. The molecule has 1 heterocycles. The predicted octanol–water partition coefficient (Wildman–Crippen LogP) is 2.97. The van der Waals surface area contributed by atoms with E-state index in [4.69, 9.17) is 20.2 Å². The molecule has 3 aliphatic rings. The number of nitrogens with zero attached hydrogens (tertiary/aromatic N) is 1. The number of hydrogen-bond acceptors (Lipinski definition) is 3. The van der Waals surface area contributed by atoms with E-state index in [2.05, 4.69) is 17.4 Å². The number of guanidine groups is 1. The minimum atomic E-state index is 0.0820. The molecule has 1 aliphatic heterocycles. The maximum absolute atomic E-state index is 6.12. The highest BCUT2D eigenvalue weighted by Crippen LogP contribution is 2.44. The van der Waals surface area contributed by atoms with Crippen LogP contribution in [0.2, 0.25) is 0 Å². The van der Waals surface area contributed by atoms with Crippen molar-refractivity contribution >= 4 is 5.96 Å². The molecule has 136 valence electrons. The molecule has 0 spiro atoms. The second-order valence-electron chi connectivity index (χ2n) is 7.73. The molecule has 1 aromatic carbocycles. The third-order valence-electron chi connectivity index (χ3n) is 6.06. The van der Waals surface area contributed by atoms with Crippen molar-refractivity contribution in [2.45, 2.75) is 50.4 Å². The number of aliphatic imine (C=N–C) groups is 1. The van der Waals surface area contributed by atoms with E-state index in [-0.39, 0.29) is 5.41 Å². The largest absolute Gasteiger partial charge is 0.486 e. The van der Waals surface area contributed by atoms with E-state index in [1.807, 2.05) is 6.07 Å². The van der Waals surface area contributed by atoms with Gasteiger partial charge in [-0.25, -0.2) is 0 Å². The van der Waals surface area contributed by atoms with Gasteiger partial charge in [-0.15, -0.1) is 0 Å². The Labute approximate surface area is 150 Å². The molecule has 5 heteroatoms.